The fourth-order valence-electron chi connectivity index (χ4n) is 2.27. The molecule has 0 radical (unpaired) electrons. The Bertz CT molecular complexity index is 1020. The first kappa shape index (κ1) is 12.7. The summed E-state index contributed by atoms with van der Waals surface area (Å²) in [5.41, 5.74) is 2.33. The van der Waals surface area contributed by atoms with Gasteiger partial charge in [-0.2, -0.15) is 0 Å². The van der Waals surface area contributed by atoms with Gasteiger partial charge in [0.2, 0.25) is 0 Å². The van der Waals surface area contributed by atoms with Crippen molar-refractivity contribution in [1.82, 2.24) is 14.4 Å². The topological polar surface area (TPSA) is 93.6 Å². The number of hydrogen-bond acceptors (Lipinski definition) is 6. The molecule has 0 aliphatic carbocycles. The highest BCUT2D eigenvalue weighted by Gasteiger charge is 2.12. The lowest BCUT2D eigenvalue weighted by Crippen LogP contribution is -1.87. The third-order valence-electron chi connectivity index (χ3n) is 3.31. The molecule has 3 aromatic heterocycles. The van der Waals surface area contributed by atoms with Crippen molar-refractivity contribution >= 4 is 32.3 Å². The maximum Gasteiger partial charge on any atom is 0.269 e. The Kier molecular flexibility index (Phi) is 2.60. The molecule has 22 heavy (non-hydrogen) atoms. The van der Waals surface area contributed by atoms with E-state index in [0.717, 1.165) is 20.9 Å². The molecule has 0 aliphatic rings. The van der Waals surface area contributed by atoms with Gasteiger partial charge < -0.3 is 5.11 Å². The Hall–Kier alpha value is -3.00. The fraction of sp³-hybridized carbons (Fsp3) is 0. The quantitative estimate of drug-likeness (QED) is 0.453. The largest absolute Gasteiger partial charge is 0.506 e. The van der Waals surface area contributed by atoms with E-state index >= 15 is 0 Å². The molecule has 0 saturated carbocycles. The van der Waals surface area contributed by atoms with E-state index in [-0.39, 0.29) is 11.4 Å². The molecule has 0 fully saturated rings. The summed E-state index contributed by atoms with van der Waals surface area (Å²) in [5.74, 6) is 0.0952. The molecule has 4 aromatic rings. The molecule has 1 N–H and O–H groups in total. The highest BCUT2D eigenvalue weighted by Crippen LogP contribution is 2.30. The van der Waals surface area contributed by atoms with Crippen LogP contribution in [0.25, 0.3) is 26.6 Å². The molecule has 0 bridgehead atoms. The molecule has 4 rings (SSSR count). The van der Waals surface area contributed by atoms with E-state index in [9.17, 15) is 15.2 Å². The third-order valence-corrected chi connectivity index (χ3v) is 4.29. The number of pyridine rings is 1. The summed E-state index contributed by atoms with van der Waals surface area (Å²) in [5, 5.41) is 20.2. The normalized spacial score (nSPS) is 11.3. The maximum absolute atomic E-state index is 10.7. The number of nitrogens with zero attached hydrogens (tertiary/aromatic N) is 4. The molecule has 8 heteroatoms. The van der Waals surface area contributed by atoms with Crippen molar-refractivity contribution in [2.45, 2.75) is 0 Å². The fourth-order valence-corrected chi connectivity index (χ4v) is 3.20. The molecule has 3 heterocycles. The number of aromatic hydroxyl groups is 1. The van der Waals surface area contributed by atoms with Gasteiger partial charge in [-0.15, -0.1) is 0 Å². The van der Waals surface area contributed by atoms with Crippen molar-refractivity contribution in [2.24, 2.45) is 0 Å². The second-order valence-electron chi connectivity index (χ2n) is 4.70. The van der Waals surface area contributed by atoms with Gasteiger partial charge in [-0.05, 0) is 12.1 Å². The first-order chi connectivity index (χ1) is 10.6. The molecule has 0 amide bonds. The lowest BCUT2D eigenvalue weighted by molar-refractivity contribution is -0.384. The van der Waals surface area contributed by atoms with E-state index in [1.165, 1.54) is 29.7 Å². The van der Waals surface area contributed by atoms with Crippen molar-refractivity contribution in [3.8, 4) is 17.0 Å². The zero-order chi connectivity index (χ0) is 15.3. The number of nitro benzene ring substituents is 1. The highest BCUT2D eigenvalue weighted by molar-refractivity contribution is 7.23. The Morgan fingerprint density at radius 2 is 2.05 bits per heavy atom. The van der Waals surface area contributed by atoms with E-state index in [1.54, 1.807) is 18.2 Å². The summed E-state index contributed by atoms with van der Waals surface area (Å²) in [6.45, 7) is 0. The van der Waals surface area contributed by atoms with E-state index in [1.807, 2.05) is 10.6 Å². The van der Waals surface area contributed by atoms with Crippen LogP contribution in [0.5, 0.6) is 5.75 Å². The van der Waals surface area contributed by atoms with Crippen LogP contribution in [-0.2, 0) is 0 Å². The zero-order valence-corrected chi connectivity index (χ0v) is 11.8. The summed E-state index contributed by atoms with van der Waals surface area (Å²) >= 11 is 1.42. The Balaban J connectivity index is 1.85. The monoisotopic (exact) mass is 312 g/mol. The predicted octanol–water partition coefficient (Wildman–Crippen LogP) is 3.22. The molecule has 0 unspecified atom stereocenters. The zero-order valence-electron chi connectivity index (χ0n) is 11.0. The first-order valence-corrected chi connectivity index (χ1v) is 7.15. The van der Waals surface area contributed by atoms with E-state index in [2.05, 4.69) is 9.97 Å². The van der Waals surface area contributed by atoms with Crippen LogP contribution in [-0.4, -0.2) is 24.4 Å². The lowest BCUT2D eigenvalue weighted by Gasteiger charge is -1.96. The van der Waals surface area contributed by atoms with E-state index in [4.69, 9.17) is 0 Å². The summed E-state index contributed by atoms with van der Waals surface area (Å²) in [4.78, 5) is 20.5. The van der Waals surface area contributed by atoms with Crippen LogP contribution >= 0.6 is 11.3 Å². The number of benzene rings is 1. The van der Waals surface area contributed by atoms with Gasteiger partial charge in [0, 0.05) is 30.0 Å². The number of imidazole rings is 1. The third kappa shape index (κ3) is 1.89. The number of thiazole rings is 1. The maximum atomic E-state index is 10.7. The molecular formula is C14H8N4O3S. The van der Waals surface area contributed by atoms with Crippen molar-refractivity contribution in [1.29, 1.82) is 0 Å². The van der Waals surface area contributed by atoms with Gasteiger partial charge in [0.05, 0.1) is 22.3 Å². The second-order valence-corrected chi connectivity index (χ2v) is 5.66. The van der Waals surface area contributed by atoms with Crippen molar-refractivity contribution in [2.75, 3.05) is 0 Å². The minimum Gasteiger partial charge on any atom is -0.506 e. The number of hydrogen-bond donors (Lipinski definition) is 1. The van der Waals surface area contributed by atoms with Gasteiger partial charge in [0.15, 0.2) is 4.96 Å². The number of aromatic nitrogens is 3. The minimum absolute atomic E-state index is 0.0457. The average molecular weight is 312 g/mol. The van der Waals surface area contributed by atoms with Crippen molar-refractivity contribution in [3.63, 3.8) is 0 Å². The van der Waals surface area contributed by atoms with Gasteiger partial charge in [0.1, 0.15) is 10.6 Å². The van der Waals surface area contributed by atoms with E-state index < -0.39 is 4.92 Å². The van der Waals surface area contributed by atoms with Crippen LogP contribution in [0, 0.1) is 10.1 Å². The van der Waals surface area contributed by atoms with Crippen LogP contribution in [0.3, 0.4) is 0 Å². The van der Waals surface area contributed by atoms with Crippen LogP contribution in [0.2, 0.25) is 0 Å². The van der Waals surface area contributed by atoms with Gasteiger partial charge in [-0.25, -0.2) is 9.97 Å². The lowest BCUT2D eigenvalue weighted by atomic mass is 10.1. The van der Waals surface area contributed by atoms with Crippen LogP contribution in [0.1, 0.15) is 0 Å². The molecule has 0 aliphatic heterocycles. The molecule has 0 spiro atoms. The highest BCUT2D eigenvalue weighted by atomic mass is 32.1. The van der Waals surface area contributed by atoms with Gasteiger partial charge in [-0.3, -0.25) is 14.5 Å². The van der Waals surface area contributed by atoms with Crippen LogP contribution in [0.15, 0.2) is 42.7 Å². The van der Waals surface area contributed by atoms with Crippen molar-refractivity contribution in [3.05, 3.63) is 52.8 Å². The predicted molar refractivity (Wildman–Crippen MR) is 82.1 cm³/mol. The van der Waals surface area contributed by atoms with Gasteiger partial charge in [-0.1, -0.05) is 11.3 Å². The summed E-state index contributed by atoms with van der Waals surface area (Å²) < 4.78 is 1.85. The molecule has 7 nitrogen and oxygen atoms in total. The summed E-state index contributed by atoms with van der Waals surface area (Å²) in [6, 6.07) is 7.88. The molecule has 0 atom stereocenters. The molecule has 1 aromatic carbocycles. The van der Waals surface area contributed by atoms with Gasteiger partial charge in [0.25, 0.3) is 5.69 Å². The molecular weight excluding hydrogens is 304 g/mol. The number of fused-ring (bicyclic) bond motifs is 3. The summed E-state index contributed by atoms with van der Waals surface area (Å²) in [6.07, 6.45) is 3.23. The standard InChI is InChI=1S/C14H8N4O3S/c19-10-5-12-13(15-6-10)22-14-16-11(7-17(12)14)8-1-3-9(4-2-8)18(20)21/h1-7,19H. The Morgan fingerprint density at radius 1 is 1.27 bits per heavy atom. The minimum atomic E-state index is -0.433. The number of non-ortho nitro benzene ring substituents is 1. The van der Waals surface area contributed by atoms with Crippen molar-refractivity contribution < 1.29 is 10.0 Å². The van der Waals surface area contributed by atoms with Crippen LogP contribution < -0.4 is 0 Å². The average Bonchev–Trinajstić information content (AvgIpc) is 3.05. The molecule has 0 saturated heterocycles. The number of rotatable bonds is 2. The Morgan fingerprint density at radius 3 is 2.77 bits per heavy atom. The molecule has 108 valence electrons. The SMILES string of the molecule is O=[N+]([O-])c1ccc(-c2cn3c(n2)sc2ncc(O)cc23)cc1. The summed E-state index contributed by atoms with van der Waals surface area (Å²) in [7, 11) is 0. The first-order valence-electron chi connectivity index (χ1n) is 6.33. The Labute approximate surface area is 127 Å². The second kappa shape index (κ2) is 4.50. The van der Waals surface area contributed by atoms with E-state index in [0.29, 0.717) is 5.69 Å². The number of nitro groups is 1. The smallest absolute Gasteiger partial charge is 0.269 e. The van der Waals surface area contributed by atoms with Crippen LogP contribution in [0.4, 0.5) is 5.69 Å². The van der Waals surface area contributed by atoms with Gasteiger partial charge >= 0.3 is 0 Å².